The summed E-state index contributed by atoms with van der Waals surface area (Å²) in [6.07, 6.45) is 9.72. The first-order valence-corrected chi connectivity index (χ1v) is 13.4. The van der Waals surface area contributed by atoms with Gasteiger partial charge in [0.1, 0.15) is 0 Å². The van der Waals surface area contributed by atoms with Crippen molar-refractivity contribution in [2.24, 2.45) is 0 Å². The van der Waals surface area contributed by atoms with Crippen LogP contribution < -0.4 is 9.44 Å². The van der Waals surface area contributed by atoms with Crippen LogP contribution in [-0.2, 0) is 21.4 Å². The van der Waals surface area contributed by atoms with Gasteiger partial charge in [-0.05, 0) is 64.0 Å². The zero-order valence-electron chi connectivity index (χ0n) is 20.3. The third kappa shape index (κ3) is 11.8. The fourth-order valence-electron chi connectivity index (χ4n) is 3.96. The maximum atomic E-state index is 12.9. The maximum Gasteiger partial charge on any atom is 0.305 e. The molecule has 0 radical (unpaired) electrons. The molecule has 3 N–H and O–H groups in total. The summed E-state index contributed by atoms with van der Waals surface area (Å²) in [6, 6.07) is 7.44. The molecule has 0 aliphatic rings. The molecule has 7 nitrogen and oxygen atoms in total. The van der Waals surface area contributed by atoms with E-state index in [0.717, 1.165) is 12.8 Å². The van der Waals surface area contributed by atoms with Gasteiger partial charge in [0, 0.05) is 11.2 Å². The van der Waals surface area contributed by atoms with Crippen molar-refractivity contribution in [3.63, 3.8) is 0 Å². The molecule has 184 valence electrons. The minimum atomic E-state index is -3.93. The van der Waals surface area contributed by atoms with Gasteiger partial charge >= 0.3 is 5.97 Å². The molecule has 32 heavy (non-hydrogen) atoms. The monoisotopic (exact) mass is 469 g/mol. The highest BCUT2D eigenvalue weighted by Crippen LogP contribution is 2.25. The Hall–Kier alpha value is -1.64. The first-order chi connectivity index (χ1) is 15.1. The quantitative estimate of drug-likeness (QED) is 0.268. The molecule has 0 aromatic heterocycles. The molecule has 0 spiro atoms. The average Bonchev–Trinajstić information content (AvgIpc) is 2.69. The van der Waals surface area contributed by atoms with Gasteiger partial charge < -0.3 is 10.0 Å². The van der Waals surface area contributed by atoms with Gasteiger partial charge in [0.05, 0.1) is 6.42 Å². The maximum absolute atomic E-state index is 12.9. The topological polar surface area (TPSA) is 98.7 Å². The summed E-state index contributed by atoms with van der Waals surface area (Å²) in [4.78, 5) is 13.4. The Balaban J connectivity index is 2.76. The standard InChI is InChI=1S/C24H43N3O4S/c1-5-7-8-9-10-11-12-21-13-15-22(16-14-21)25-32(30,31)26-24(17-6-2,20-23(28)29)18-19-27(3)4/h13-16,25-26H,5-12,17-20H2,1-4H3,(H,28,29). The molecule has 1 atom stereocenters. The van der Waals surface area contributed by atoms with Gasteiger partial charge in [-0.25, -0.2) is 0 Å². The molecule has 1 aromatic carbocycles. The second-order valence-electron chi connectivity index (χ2n) is 9.08. The number of carboxylic acid groups (broad SMARTS) is 1. The van der Waals surface area contributed by atoms with Crippen LogP contribution in [0.1, 0.15) is 83.6 Å². The van der Waals surface area contributed by atoms with Crippen LogP contribution in [0.5, 0.6) is 0 Å². The lowest BCUT2D eigenvalue weighted by Gasteiger charge is -2.34. The first kappa shape index (κ1) is 28.4. The van der Waals surface area contributed by atoms with Gasteiger partial charge in [-0.2, -0.15) is 13.1 Å². The van der Waals surface area contributed by atoms with E-state index in [4.69, 9.17) is 0 Å². The van der Waals surface area contributed by atoms with Crippen LogP contribution in [0, 0.1) is 0 Å². The highest BCUT2D eigenvalue weighted by molar-refractivity contribution is 7.90. The van der Waals surface area contributed by atoms with Crippen LogP contribution in [0.25, 0.3) is 0 Å². The van der Waals surface area contributed by atoms with E-state index in [1.165, 1.54) is 37.7 Å². The summed E-state index contributed by atoms with van der Waals surface area (Å²) < 4.78 is 31.0. The second-order valence-corrected chi connectivity index (χ2v) is 10.5. The number of rotatable bonds is 18. The lowest BCUT2D eigenvalue weighted by molar-refractivity contribution is -0.138. The zero-order valence-corrected chi connectivity index (χ0v) is 21.1. The molecule has 1 aromatic rings. The lowest BCUT2D eigenvalue weighted by Crippen LogP contribution is -2.52. The predicted octanol–water partition coefficient (Wildman–Crippen LogP) is 4.80. The normalized spacial score (nSPS) is 13.8. The molecule has 8 heteroatoms. The Labute approximate surface area is 195 Å². The number of unbranched alkanes of at least 4 members (excludes halogenated alkanes) is 5. The number of hydrogen-bond donors (Lipinski definition) is 3. The predicted molar refractivity (Wildman–Crippen MR) is 132 cm³/mol. The number of benzene rings is 1. The van der Waals surface area contributed by atoms with Crippen molar-refractivity contribution in [1.29, 1.82) is 0 Å². The van der Waals surface area contributed by atoms with Gasteiger partial charge in [0.25, 0.3) is 10.2 Å². The molecule has 0 saturated carbocycles. The van der Waals surface area contributed by atoms with Gasteiger partial charge in [0.15, 0.2) is 0 Å². The van der Waals surface area contributed by atoms with Crippen LogP contribution in [0.3, 0.4) is 0 Å². The molecule has 0 bridgehead atoms. The highest BCUT2D eigenvalue weighted by atomic mass is 32.2. The van der Waals surface area contributed by atoms with E-state index in [0.29, 0.717) is 31.5 Å². The molecule has 0 fully saturated rings. The number of nitrogens with one attached hydrogen (secondary N) is 2. The molecule has 0 saturated heterocycles. The molecule has 0 amide bonds. The van der Waals surface area contributed by atoms with Gasteiger partial charge in [-0.3, -0.25) is 9.52 Å². The van der Waals surface area contributed by atoms with E-state index in [-0.39, 0.29) is 6.42 Å². The van der Waals surface area contributed by atoms with Crippen LogP contribution in [-0.4, -0.2) is 50.6 Å². The van der Waals surface area contributed by atoms with Crippen molar-refractivity contribution in [3.8, 4) is 0 Å². The smallest absolute Gasteiger partial charge is 0.305 e. The first-order valence-electron chi connectivity index (χ1n) is 11.9. The molecular weight excluding hydrogens is 426 g/mol. The Morgan fingerprint density at radius 3 is 2.16 bits per heavy atom. The van der Waals surface area contributed by atoms with Crippen molar-refractivity contribution in [2.75, 3.05) is 25.4 Å². The van der Waals surface area contributed by atoms with Gasteiger partial charge in [0.2, 0.25) is 0 Å². The van der Waals surface area contributed by atoms with Gasteiger partial charge in [-0.1, -0.05) is 64.5 Å². The molecule has 1 rings (SSSR count). The number of carboxylic acids is 1. The Morgan fingerprint density at radius 2 is 1.59 bits per heavy atom. The van der Waals surface area contributed by atoms with Gasteiger partial charge in [-0.15, -0.1) is 0 Å². The molecule has 0 heterocycles. The van der Waals surface area contributed by atoms with E-state index in [1.54, 1.807) is 12.1 Å². The van der Waals surface area contributed by atoms with Crippen LogP contribution >= 0.6 is 0 Å². The molecule has 0 aliphatic carbocycles. The molecular formula is C24H43N3O4S. The largest absolute Gasteiger partial charge is 0.481 e. The summed E-state index contributed by atoms with van der Waals surface area (Å²) in [5, 5.41) is 9.42. The van der Waals surface area contributed by atoms with E-state index in [2.05, 4.69) is 16.4 Å². The summed E-state index contributed by atoms with van der Waals surface area (Å²) in [5.74, 6) is -1.01. The number of nitrogens with zero attached hydrogens (tertiary/aromatic N) is 1. The Morgan fingerprint density at radius 1 is 0.969 bits per heavy atom. The summed E-state index contributed by atoms with van der Waals surface area (Å²) in [5.41, 5.74) is 0.625. The zero-order chi connectivity index (χ0) is 24.0. The molecule has 0 aliphatic heterocycles. The Bertz CT molecular complexity index is 766. The SMILES string of the molecule is CCCCCCCCc1ccc(NS(=O)(=O)NC(CCC)(CCN(C)C)CC(=O)O)cc1. The third-order valence-electron chi connectivity index (χ3n) is 5.63. The number of aliphatic carboxylic acids is 1. The van der Waals surface area contributed by atoms with Crippen LogP contribution in [0.4, 0.5) is 5.69 Å². The van der Waals surface area contributed by atoms with Crippen molar-refractivity contribution >= 4 is 21.9 Å². The minimum Gasteiger partial charge on any atom is -0.481 e. The number of aryl methyl sites for hydroxylation is 1. The van der Waals surface area contributed by atoms with E-state index in [1.807, 2.05) is 38.1 Å². The van der Waals surface area contributed by atoms with Crippen molar-refractivity contribution in [3.05, 3.63) is 29.8 Å². The second kappa shape index (κ2) is 14.5. The molecule has 1 unspecified atom stereocenters. The third-order valence-corrected chi connectivity index (χ3v) is 6.84. The van der Waals surface area contributed by atoms with E-state index in [9.17, 15) is 18.3 Å². The number of carbonyl (C=O) groups is 1. The summed E-state index contributed by atoms with van der Waals surface area (Å²) in [7, 11) is -0.161. The van der Waals surface area contributed by atoms with Crippen molar-refractivity contribution < 1.29 is 18.3 Å². The van der Waals surface area contributed by atoms with Crippen molar-refractivity contribution in [2.45, 2.75) is 90.0 Å². The average molecular weight is 470 g/mol. The summed E-state index contributed by atoms with van der Waals surface area (Å²) >= 11 is 0. The fraction of sp³-hybridized carbons (Fsp3) is 0.708. The van der Waals surface area contributed by atoms with Crippen LogP contribution in [0.2, 0.25) is 0 Å². The number of hydrogen-bond acceptors (Lipinski definition) is 4. The fourth-order valence-corrected chi connectivity index (χ4v) is 5.30. The number of anilines is 1. The van der Waals surface area contributed by atoms with Crippen molar-refractivity contribution in [1.82, 2.24) is 9.62 Å². The minimum absolute atomic E-state index is 0.257. The lowest BCUT2D eigenvalue weighted by atomic mass is 9.87. The highest BCUT2D eigenvalue weighted by Gasteiger charge is 2.36. The van der Waals surface area contributed by atoms with E-state index >= 15 is 0 Å². The van der Waals surface area contributed by atoms with E-state index < -0.39 is 21.7 Å². The Kier molecular flexibility index (Phi) is 12.9. The summed E-state index contributed by atoms with van der Waals surface area (Å²) in [6.45, 7) is 4.73. The van der Waals surface area contributed by atoms with Crippen LogP contribution in [0.15, 0.2) is 24.3 Å².